The number of hydrogen-bond acceptors (Lipinski definition) is 6. The van der Waals surface area contributed by atoms with E-state index in [0.29, 0.717) is 0 Å². The molecule has 0 aromatic carbocycles. The normalized spacial score (nSPS) is 10.8. The van der Waals surface area contributed by atoms with E-state index in [9.17, 15) is 29.7 Å². The topological polar surface area (TPSA) is 120 Å². The molecule has 0 fully saturated rings. The number of carboxylic acid groups (broad SMARTS) is 3. The molecule has 0 aromatic heterocycles. The van der Waals surface area contributed by atoms with Crippen molar-refractivity contribution in [2.45, 2.75) is 62.3 Å². The van der Waals surface area contributed by atoms with Crippen molar-refractivity contribution in [3.05, 3.63) is 0 Å². The molecular weight excluding hydrogens is 443 g/mol. The zero-order valence-electron chi connectivity index (χ0n) is 14.7. The molecule has 0 amide bonds. The maximum absolute atomic E-state index is 9.91. The van der Waals surface area contributed by atoms with Crippen LogP contribution in [0.4, 0.5) is 0 Å². The van der Waals surface area contributed by atoms with Gasteiger partial charge in [-0.05, 0) is 0 Å². The molecule has 0 N–H and O–H groups in total. The molecule has 0 unspecified atom stereocenters. The molecule has 0 aliphatic heterocycles. The molecule has 0 saturated heterocycles. The number of hydrogen-bond donors (Lipinski definition) is 0. The number of carbonyl (C=O) groups is 3. The fraction of sp³-hybridized carbons (Fsp3) is 0.800. The van der Waals surface area contributed by atoms with Crippen LogP contribution in [-0.4, -0.2) is 17.9 Å². The maximum Gasteiger partial charge on any atom is 3.00 e. The van der Waals surface area contributed by atoms with Crippen LogP contribution in [0.15, 0.2) is 0 Å². The Kier molecular flexibility index (Phi) is 15.1. The van der Waals surface area contributed by atoms with Gasteiger partial charge >= 0.3 is 37.3 Å². The SMILES string of the molecule is CC(C)(C)C(=O)[O-].CC(C)(C)C(=O)[O-].CC(C)(C)C(=O)[O-].[Er+3]. The summed E-state index contributed by atoms with van der Waals surface area (Å²) in [5, 5.41) is 29.7. The first-order valence-electron chi connectivity index (χ1n) is 6.47. The second-order valence-electron chi connectivity index (χ2n) is 7.61. The minimum atomic E-state index is -1.01. The zero-order chi connectivity index (χ0) is 18.2. The van der Waals surface area contributed by atoms with E-state index < -0.39 is 34.2 Å². The van der Waals surface area contributed by atoms with Crippen molar-refractivity contribution < 1.29 is 67.0 Å². The van der Waals surface area contributed by atoms with Gasteiger partial charge in [0.2, 0.25) is 0 Å². The van der Waals surface area contributed by atoms with Crippen LogP contribution >= 0.6 is 0 Å². The van der Waals surface area contributed by atoms with Crippen molar-refractivity contribution in [2.24, 2.45) is 16.2 Å². The summed E-state index contributed by atoms with van der Waals surface area (Å²) in [5.74, 6) is -3.02. The Morgan fingerprint density at radius 3 is 0.545 bits per heavy atom. The van der Waals surface area contributed by atoms with E-state index >= 15 is 0 Å². The Balaban J connectivity index is -0.000000108. The van der Waals surface area contributed by atoms with Gasteiger partial charge in [-0.2, -0.15) is 0 Å². The summed E-state index contributed by atoms with van der Waals surface area (Å²) in [5.41, 5.74) is -2.08. The minimum absolute atomic E-state index is 0. The third-order valence-corrected chi connectivity index (χ3v) is 1.84. The van der Waals surface area contributed by atoms with E-state index in [2.05, 4.69) is 0 Å². The summed E-state index contributed by atoms with van der Waals surface area (Å²) in [6.07, 6.45) is 0. The Bertz CT molecular complexity index is 299. The molecule has 6 nitrogen and oxygen atoms in total. The summed E-state index contributed by atoms with van der Waals surface area (Å²) in [4.78, 5) is 29.7. The van der Waals surface area contributed by atoms with Crippen LogP contribution in [0, 0.1) is 53.6 Å². The van der Waals surface area contributed by atoms with Crippen LogP contribution in [0.3, 0.4) is 0 Å². The van der Waals surface area contributed by atoms with Crippen molar-refractivity contribution in [1.82, 2.24) is 0 Å². The minimum Gasteiger partial charge on any atom is -0.550 e. The molecule has 22 heavy (non-hydrogen) atoms. The third-order valence-electron chi connectivity index (χ3n) is 1.84. The number of carbonyl (C=O) groups excluding carboxylic acids is 3. The van der Waals surface area contributed by atoms with Gasteiger partial charge in [-0.1, -0.05) is 62.3 Å². The average molecular weight is 471 g/mol. The van der Waals surface area contributed by atoms with Crippen LogP contribution in [0.1, 0.15) is 62.3 Å². The van der Waals surface area contributed by atoms with Gasteiger partial charge < -0.3 is 29.7 Å². The van der Waals surface area contributed by atoms with Crippen molar-refractivity contribution in [1.29, 1.82) is 0 Å². The van der Waals surface area contributed by atoms with E-state index in [1.54, 1.807) is 62.3 Å². The van der Waals surface area contributed by atoms with Crippen LogP contribution in [-0.2, 0) is 14.4 Å². The fourth-order valence-corrected chi connectivity index (χ4v) is 0. The first kappa shape index (κ1) is 29.6. The largest absolute Gasteiger partial charge is 3.00 e. The van der Waals surface area contributed by atoms with Gasteiger partial charge in [0.25, 0.3) is 0 Å². The van der Waals surface area contributed by atoms with Crippen molar-refractivity contribution >= 4 is 17.9 Å². The smallest absolute Gasteiger partial charge is 0.550 e. The summed E-state index contributed by atoms with van der Waals surface area (Å²) >= 11 is 0. The standard InChI is InChI=1S/3C5H10O2.Er/c3*1-5(2,3)4(6)7;/h3*1-3H3,(H,6,7);/q;;;+3/p-3. The van der Waals surface area contributed by atoms with Crippen molar-refractivity contribution in [3.8, 4) is 0 Å². The van der Waals surface area contributed by atoms with Crippen LogP contribution < -0.4 is 15.3 Å². The number of aliphatic carboxylic acids is 3. The van der Waals surface area contributed by atoms with Gasteiger partial charge in [-0.3, -0.25) is 0 Å². The van der Waals surface area contributed by atoms with Gasteiger partial charge in [-0.25, -0.2) is 0 Å². The van der Waals surface area contributed by atoms with Crippen molar-refractivity contribution in [3.63, 3.8) is 0 Å². The molecule has 0 rings (SSSR count). The van der Waals surface area contributed by atoms with Crippen LogP contribution in [0.25, 0.3) is 0 Å². The van der Waals surface area contributed by atoms with Gasteiger partial charge in [0.05, 0.1) is 0 Å². The fourth-order valence-electron chi connectivity index (χ4n) is 0. The molecule has 0 spiro atoms. The maximum atomic E-state index is 9.91. The van der Waals surface area contributed by atoms with E-state index in [4.69, 9.17) is 0 Å². The van der Waals surface area contributed by atoms with E-state index in [1.165, 1.54) is 0 Å². The second-order valence-corrected chi connectivity index (χ2v) is 7.61. The molecule has 0 aliphatic carbocycles. The summed E-state index contributed by atoms with van der Waals surface area (Å²) in [6, 6.07) is 0. The molecule has 135 valence electrons. The summed E-state index contributed by atoms with van der Waals surface area (Å²) in [6.45, 7) is 14.4. The van der Waals surface area contributed by atoms with Crippen LogP contribution in [0.5, 0.6) is 0 Å². The Morgan fingerprint density at radius 2 is 0.545 bits per heavy atom. The molecule has 0 heterocycles. The molecule has 0 atom stereocenters. The van der Waals surface area contributed by atoms with E-state index in [1.807, 2.05) is 0 Å². The van der Waals surface area contributed by atoms with Gasteiger partial charge in [0.1, 0.15) is 0 Å². The van der Waals surface area contributed by atoms with Gasteiger partial charge in [-0.15, -0.1) is 0 Å². The Hall–Kier alpha value is -0.343. The second kappa shape index (κ2) is 11.2. The first-order chi connectivity index (χ1) is 8.83. The molecular formula is C15H27ErO6. The quantitative estimate of drug-likeness (QED) is 0.464. The molecule has 7 heteroatoms. The molecule has 0 aliphatic rings. The predicted molar refractivity (Wildman–Crippen MR) is 73.4 cm³/mol. The predicted octanol–water partition coefficient (Wildman–Crippen LogP) is -0.653. The number of carboxylic acids is 3. The average Bonchev–Trinajstić information content (AvgIpc) is 2.14. The van der Waals surface area contributed by atoms with Gasteiger partial charge in [0.15, 0.2) is 0 Å². The number of rotatable bonds is 0. The van der Waals surface area contributed by atoms with E-state index in [0.717, 1.165) is 0 Å². The Labute approximate surface area is 162 Å². The third kappa shape index (κ3) is 21.9. The zero-order valence-corrected chi connectivity index (χ0v) is 16.6. The van der Waals surface area contributed by atoms with E-state index in [-0.39, 0.29) is 37.3 Å². The molecule has 0 saturated carbocycles. The first-order valence-corrected chi connectivity index (χ1v) is 6.47. The molecule has 1 radical (unpaired) electrons. The van der Waals surface area contributed by atoms with Crippen LogP contribution in [0.2, 0.25) is 0 Å². The monoisotopic (exact) mass is 469 g/mol. The summed E-state index contributed by atoms with van der Waals surface area (Å²) in [7, 11) is 0. The van der Waals surface area contributed by atoms with Gasteiger partial charge in [0, 0.05) is 34.2 Å². The Morgan fingerprint density at radius 1 is 0.500 bits per heavy atom. The molecule has 0 aromatic rings. The molecule has 0 bridgehead atoms. The summed E-state index contributed by atoms with van der Waals surface area (Å²) < 4.78 is 0. The van der Waals surface area contributed by atoms with Crippen molar-refractivity contribution in [2.75, 3.05) is 0 Å².